The van der Waals surface area contributed by atoms with E-state index in [0.717, 1.165) is 161 Å². The molecular formula is C93H160O16P2. The Kier molecular flexibility index (Phi) is 81.3. The molecule has 0 aliphatic heterocycles. The summed E-state index contributed by atoms with van der Waals surface area (Å²) in [6.45, 7) is 2.43. The molecule has 0 aliphatic carbocycles. The monoisotopic (exact) mass is 1600 g/mol. The van der Waals surface area contributed by atoms with E-state index >= 15 is 0 Å². The van der Waals surface area contributed by atoms with Crippen molar-refractivity contribution in [3.8, 4) is 0 Å². The van der Waals surface area contributed by atoms with Gasteiger partial charge in [-0.25, -0.2) is 9.13 Å². The number of carbonyl (C=O) groups excluding carboxylic acids is 3. The molecule has 4 N–H and O–H groups in total. The zero-order valence-corrected chi connectivity index (χ0v) is 71.9. The van der Waals surface area contributed by atoms with Crippen molar-refractivity contribution in [2.45, 2.75) is 386 Å². The Labute approximate surface area is 677 Å². The van der Waals surface area contributed by atoms with E-state index in [1.54, 1.807) is 0 Å². The Hall–Kier alpha value is -4.57. The third-order valence-corrected chi connectivity index (χ3v) is 20.4. The fraction of sp³-hybridized carbons (Fsp3) is 0.710. The Morgan fingerprint density at radius 2 is 0.477 bits per heavy atom. The molecule has 0 aromatic rings. The summed E-state index contributed by atoms with van der Waals surface area (Å²) in [5, 5.41) is 20.7. The third-order valence-electron chi connectivity index (χ3n) is 18.5. The highest BCUT2D eigenvalue weighted by Crippen LogP contribution is 2.45. The maximum absolute atomic E-state index is 12.9. The summed E-state index contributed by atoms with van der Waals surface area (Å²) in [5.41, 5.74) is 0. The van der Waals surface area contributed by atoms with Crippen LogP contribution < -0.4 is 0 Å². The van der Waals surface area contributed by atoms with Crippen molar-refractivity contribution in [2.24, 2.45) is 0 Å². The van der Waals surface area contributed by atoms with Crippen LogP contribution >= 0.6 is 15.6 Å². The normalized spacial score (nSPS) is 14.5. The fourth-order valence-electron chi connectivity index (χ4n) is 11.9. The molecule has 0 amide bonds. The Morgan fingerprint density at radius 3 is 0.766 bits per heavy atom. The number of unbranched alkanes of at least 4 members (excludes halogenated alkanes) is 36. The molecule has 0 aliphatic rings. The van der Waals surface area contributed by atoms with Crippen LogP contribution in [0.1, 0.15) is 367 Å². The van der Waals surface area contributed by atoms with E-state index in [1.807, 2.05) is 0 Å². The van der Waals surface area contributed by atoms with E-state index in [0.29, 0.717) is 19.3 Å². The number of aliphatic hydroxyl groups is 2. The van der Waals surface area contributed by atoms with Crippen LogP contribution in [-0.2, 0) is 55.8 Å². The van der Waals surface area contributed by atoms with E-state index in [-0.39, 0.29) is 19.3 Å². The molecule has 638 valence electrons. The Morgan fingerprint density at radius 1 is 0.261 bits per heavy atom. The number of phosphoric acid groups is 2. The topological polar surface area (TPSA) is 231 Å². The van der Waals surface area contributed by atoms with Gasteiger partial charge in [0.1, 0.15) is 25.4 Å². The van der Waals surface area contributed by atoms with Crippen molar-refractivity contribution >= 4 is 33.6 Å². The molecule has 5 unspecified atom stereocenters. The van der Waals surface area contributed by atoms with E-state index in [2.05, 4.69) is 167 Å². The smallest absolute Gasteiger partial charge is 0.463 e. The molecule has 5 atom stereocenters. The molecule has 0 aromatic heterocycles. The number of carbonyl (C=O) groups is 3. The van der Waals surface area contributed by atoms with Crippen molar-refractivity contribution in [2.75, 3.05) is 39.6 Å². The summed E-state index contributed by atoms with van der Waals surface area (Å²) in [6, 6.07) is 0. The highest BCUT2D eigenvalue weighted by molar-refractivity contribution is 7.47. The van der Waals surface area contributed by atoms with Crippen LogP contribution in [0.5, 0.6) is 0 Å². The van der Waals surface area contributed by atoms with Gasteiger partial charge in [-0.2, -0.15) is 0 Å². The van der Waals surface area contributed by atoms with Crippen molar-refractivity contribution < 1.29 is 75.8 Å². The van der Waals surface area contributed by atoms with E-state index in [4.69, 9.17) is 32.3 Å². The van der Waals surface area contributed by atoms with Gasteiger partial charge >= 0.3 is 33.6 Å². The second-order valence-corrected chi connectivity index (χ2v) is 32.2. The van der Waals surface area contributed by atoms with Crippen LogP contribution in [0.25, 0.3) is 0 Å². The van der Waals surface area contributed by atoms with E-state index in [1.165, 1.54) is 148 Å². The van der Waals surface area contributed by atoms with Crippen LogP contribution in [0, 0.1) is 0 Å². The van der Waals surface area contributed by atoms with E-state index in [9.17, 15) is 43.5 Å². The van der Waals surface area contributed by atoms with Gasteiger partial charge in [0.2, 0.25) is 0 Å². The minimum Gasteiger partial charge on any atom is -0.463 e. The molecule has 0 spiro atoms. The highest BCUT2D eigenvalue weighted by atomic mass is 31.2. The van der Waals surface area contributed by atoms with Gasteiger partial charge in [0.25, 0.3) is 0 Å². The summed E-state index contributed by atoms with van der Waals surface area (Å²) in [4.78, 5) is 58.7. The fourth-order valence-corrected chi connectivity index (χ4v) is 13.5. The lowest BCUT2D eigenvalue weighted by molar-refractivity contribution is -0.161. The average Bonchev–Trinajstić information content (AvgIpc) is 0.902. The molecule has 111 heavy (non-hydrogen) atoms. The van der Waals surface area contributed by atoms with Crippen LogP contribution in [0.15, 0.2) is 146 Å². The van der Waals surface area contributed by atoms with Crippen LogP contribution in [0.2, 0.25) is 0 Å². The largest absolute Gasteiger partial charge is 0.472 e. The summed E-state index contributed by atoms with van der Waals surface area (Å²) in [5.74, 6) is -1.58. The Bertz CT molecular complexity index is 2600. The SMILES string of the molecule is CC/C=C\C/C=C\C/C=C\C/C=C\C/C=C\C/C=C\CCCCCCCCCCCCC(=O)OCC(COP(=O)(O)OCC(O)COP(=O)(O)OCC(O)COC(=O)CCCCCCCCCCCCCCCCCCCCC/C=C\C/C=C\C/C=C\C/C=C\C/C=C\CC)OC(=O)CCCCCCC/C=C\CCCC. The molecule has 0 saturated carbocycles. The number of hydrogen-bond donors (Lipinski definition) is 4. The molecule has 0 aromatic carbocycles. The highest BCUT2D eigenvalue weighted by Gasteiger charge is 2.29. The van der Waals surface area contributed by atoms with Crippen LogP contribution in [0.4, 0.5) is 0 Å². The van der Waals surface area contributed by atoms with Gasteiger partial charge in [0.05, 0.1) is 26.4 Å². The standard InChI is InChI=1S/C93H160O16P2/c1-4-7-10-13-16-19-22-24-26-28-30-32-34-36-38-40-41-42-43-44-45-47-49-50-52-54-56-58-60-62-65-67-70-73-76-79-91(96)103-82-88(94)83-105-110(99,100)106-84-89(95)85-107-111(101,102)108-87-90(109-93(98)81-78-75-72-69-64-21-18-15-12-9-6-3)86-104-92(97)80-77-74-71-68-66-63-61-59-57-55-53-51-48-46-39-37-35-33-31-29-27-25-23-20-17-14-11-8-5-2/h7-8,10-11,15-20,24-27,30-33,36-39,48,51,88-90,94-95H,4-6,9,12-14,21-23,28-29,34-35,40-47,49-50,52-87H2,1-3H3,(H,99,100)(H,101,102)/b10-7-,11-8-,18-15-,19-16-,20-17-,26-24-,27-25-,32-30-,33-31-,38-36-,39-37-,51-48-. The van der Waals surface area contributed by atoms with Gasteiger partial charge in [-0.15, -0.1) is 0 Å². The molecule has 0 radical (unpaired) electrons. The molecule has 0 heterocycles. The van der Waals surface area contributed by atoms with Crippen LogP contribution in [0.3, 0.4) is 0 Å². The van der Waals surface area contributed by atoms with Gasteiger partial charge in [0.15, 0.2) is 6.10 Å². The predicted molar refractivity (Wildman–Crippen MR) is 463 cm³/mol. The van der Waals surface area contributed by atoms with Gasteiger partial charge in [0, 0.05) is 19.3 Å². The van der Waals surface area contributed by atoms with Crippen molar-refractivity contribution in [3.05, 3.63) is 146 Å². The minimum absolute atomic E-state index is 0.0916. The summed E-state index contributed by atoms with van der Waals surface area (Å²) >= 11 is 0. The first-order chi connectivity index (χ1) is 54.2. The first-order valence-electron chi connectivity index (χ1n) is 44.1. The number of aliphatic hydroxyl groups excluding tert-OH is 2. The maximum Gasteiger partial charge on any atom is 0.472 e. The molecule has 16 nitrogen and oxygen atoms in total. The predicted octanol–water partition coefficient (Wildman–Crippen LogP) is 26.8. The molecule has 0 fully saturated rings. The van der Waals surface area contributed by atoms with Gasteiger partial charge < -0.3 is 34.2 Å². The zero-order valence-electron chi connectivity index (χ0n) is 70.1. The maximum atomic E-state index is 12.9. The number of ether oxygens (including phenoxy) is 3. The van der Waals surface area contributed by atoms with Crippen molar-refractivity contribution in [1.29, 1.82) is 0 Å². The number of phosphoric ester groups is 2. The molecule has 18 heteroatoms. The molecule has 0 saturated heterocycles. The number of esters is 3. The van der Waals surface area contributed by atoms with Crippen molar-refractivity contribution in [3.63, 3.8) is 0 Å². The minimum atomic E-state index is -4.93. The van der Waals surface area contributed by atoms with Crippen LogP contribution in [-0.4, -0.2) is 95.9 Å². The first-order valence-corrected chi connectivity index (χ1v) is 47.1. The number of rotatable bonds is 83. The Balaban J connectivity index is 4.34. The lowest BCUT2D eigenvalue weighted by atomic mass is 10.0. The van der Waals surface area contributed by atoms with Gasteiger partial charge in [-0.1, -0.05) is 359 Å². The number of allylic oxidation sites excluding steroid dienone is 24. The quantitative estimate of drug-likeness (QED) is 0.0146. The summed E-state index contributed by atoms with van der Waals surface area (Å²) < 4.78 is 61.2. The lowest BCUT2D eigenvalue weighted by Crippen LogP contribution is -2.30. The van der Waals surface area contributed by atoms with Gasteiger partial charge in [-0.3, -0.25) is 32.5 Å². The zero-order chi connectivity index (χ0) is 80.8. The van der Waals surface area contributed by atoms with E-state index < -0.39 is 91.5 Å². The summed E-state index contributed by atoms with van der Waals surface area (Å²) in [6.07, 6.45) is 106. The second kappa shape index (κ2) is 84.8. The molecule has 0 rings (SSSR count). The van der Waals surface area contributed by atoms with Crippen molar-refractivity contribution in [1.82, 2.24) is 0 Å². The average molecular weight is 1600 g/mol. The third kappa shape index (κ3) is 86.1. The molecular weight excluding hydrogens is 1430 g/mol. The first kappa shape index (κ1) is 106. The molecule has 0 bridgehead atoms. The summed E-state index contributed by atoms with van der Waals surface area (Å²) in [7, 11) is -9.79. The lowest BCUT2D eigenvalue weighted by Gasteiger charge is -2.21. The second-order valence-electron chi connectivity index (χ2n) is 29.3. The number of hydrogen-bond acceptors (Lipinski definition) is 14. The van der Waals surface area contributed by atoms with Gasteiger partial charge in [-0.05, 0) is 135 Å².